The fraction of sp³-hybridized carbons (Fsp3) is 0.250. The third-order valence-corrected chi connectivity index (χ3v) is 3.82. The summed E-state index contributed by atoms with van der Waals surface area (Å²) in [6, 6.07) is 5.54. The lowest BCUT2D eigenvalue weighted by atomic mass is 10.1. The maximum atomic E-state index is 12.2. The number of rotatable bonds is 6. The second kappa shape index (κ2) is 7.84. The SMILES string of the molecule is C#CCCCNC(=O)c1ncoc1-c1ccc(OC)c(I)c1. The van der Waals surface area contributed by atoms with Crippen molar-refractivity contribution in [2.75, 3.05) is 13.7 Å². The van der Waals surface area contributed by atoms with Gasteiger partial charge in [0.1, 0.15) is 5.75 Å². The predicted octanol–water partition coefficient (Wildman–Crippen LogP) is 3.10. The fourth-order valence-electron chi connectivity index (χ4n) is 1.90. The van der Waals surface area contributed by atoms with E-state index in [1.807, 2.05) is 18.2 Å². The molecule has 0 unspecified atom stereocenters. The van der Waals surface area contributed by atoms with E-state index in [4.69, 9.17) is 15.6 Å². The highest BCUT2D eigenvalue weighted by Crippen LogP contribution is 2.29. The second-order valence-corrected chi connectivity index (χ2v) is 5.61. The Balaban J connectivity index is 2.17. The normalized spacial score (nSPS) is 10.0. The van der Waals surface area contributed by atoms with Crippen LogP contribution in [0.15, 0.2) is 29.0 Å². The molecule has 0 fully saturated rings. The van der Waals surface area contributed by atoms with Crippen molar-refractivity contribution in [3.05, 3.63) is 33.9 Å². The standard InChI is InChI=1S/C16H15IN2O3/c1-3-4-5-8-18-16(20)14-15(22-10-19-14)11-6-7-13(21-2)12(17)9-11/h1,6-7,9-10H,4-5,8H2,2H3,(H,18,20). The van der Waals surface area contributed by atoms with Crippen molar-refractivity contribution >= 4 is 28.5 Å². The molecule has 0 bridgehead atoms. The van der Waals surface area contributed by atoms with Crippen molar-refractivity contribution in [3.63, 3.8) is 0 Å². The van der Waals surface area contributed by atoms with Gasteiger partial charge in [0.25, 0.3) is 5.91 Å². The average molecular weight is 410 g/mol. The van der Waals surface area contributed by atoms with Crippen LogP contribution in [0.5, 0.6) is 5.75 Å². The number of oxazole rings is 1. The number of terminal acetylenes is 1. The summed E-state index contributed by atoms with van der Waals surface area (Å²) in [5, 5.41) is 2.78. The zero-order valence-electron chi connectivity index (χ0n) is 12.1. The lowest BCUT2D eigenvalue weighted by Crippen LogP contribution is -2.25. The molecule has 1 amide bonds. The minimum atomic E-state index is -0.272. The number of ether oxygens (including phenoxy) is 1. The van der Waals surface area contributed by atoms with Gasteiger partial charge in [-0.25, -0.2) is 4.98 Å². The summed E-state index contributed by atoms with van der Waals surface area (Å²) in [4.78, 5) is 16.2. The Labute approximate surface area is 142 Å². The summed E-state index contributed by atoms with van der Waals surface area (Å²) in [5.74, 6) is 3.47. The Morgan fingerprint density at radius 2 is 2.36 bits per heavy atom. The zero-order chi connectivity index (χ0) is 15.9. The summed E-state index contributed by atoms with van der Waals surface area (Å²) in [5.41, 5.74) is 1.04. The molecule has 5 nitrogen and oxygen atoms in total. The topological polar surface area (TPSA) is 64.4 Å². The van der Waals surface area contributed by atoms with Crippen LogP contribution in [-0.4, -0.2) is 24.5 Å². The number of aromatic nitrogens is 1. The van der Waals surface area contributed by atoms with Gasteiger partial charge in [0.2, 0.25) is 0 Å². The van der Waals surface area contributed by atoms with E-state index in [1.54, 1.807) is 7.11 Å². The monoisotopic (exact) mass is 410 g/mol. The molecule has 0 saturated carbocycles. The first-order valence-corrected chi connectivity index (χ1v) is 7.74. The molecule has 0 aliphatic rings. The molecule has 22 heavy (non-hydrogen) atoms. The molecule has 1 aromatic carbocycles. The van der Waals surface area contributed by atoms with Gasteiger partial charge >= 0.3 is 0 Å². The van der Waals surface area contributed by atoms with E-state index < -0.39 is 0 Å². The molecule has 0 radical (unpaired) electrons. The van der Waals surface area contributed by atoms with Gasteiger partial charge in [-0.2, -0.15) is 0 Å². The first-order chi connectivity index (χ1) is 10.7. The minimum absolute atomic E-state index is 0.265. The van der Waals surface area contributed by atoms with Crippen LogP contribution in [0, 0.1) is 15.9 Å². The van der Waals surface area contributed by atoms with Crippen molar-refractivity contribution in [1.29, 1.82) is 0 Å². The van der Waals surface area contributed by atoms with Crippen LogP contribution in [0.25, 0.3) is 11.3 Å². The highest BCUT2D eigenvalue weighted by molar-refractivity contribution is 14.1. The number of unbranched alkanes of at least 4 members (excludes halogenated alkanes) is 1. The third-order valence-electron chi connectivity index (χ3n) is 2.98. The zero-order valence-corrected chi connectivity index (χ0v) is 14.2. The molecule has 1 aromatic heterocycles. The predicted molar refractivity (Wildman–Crippen MR) is 91.6 cm³/mol. The molecule has 0 atom stereocenters. The first-order valence-electron chi connectivity index (χ1n) is 6.66. The van der Waals surface area contributed by atoms with Crippen LogP contribution in [-0.2, 0) is 0 Å². The van der Waals surface area contributed by atoms with Crippen molar-refractivity contribution in [2.45, 2.75) is 12.8 Å². The second-order valence-electron chi connectivity index (χ2n) is 4.44. The molecule has 1 heterocycles. The van der Waals surface area contributed by atoms with E-state index in [-0.39, 0.29) is 11.6 Å². The van der Waals surface area contributed by atoms with Gasteiger partial charge in [0, 0.05) is 18.5 Å². The van der Waals surface area contributed by atoms with Crippen molar-refractivity contribution < 1.29 is 13.9 Å². The van der Waals surface area contributed by atoms with Crippen LogP contribution in [0.1, 0.15) is 23.3 Å². The molecule has 1 N–H and O–H groups in total. The minimum Gasteiger partial charge on any atom is -0.496 e. The number of carbonyl (C=O) groups is 1. The van der Waals surface area contributed by atoms with Crippen LogP contribution in [0.2, 0.25) is 0 Å². The van der Waals surface area contributed by atoms with Crippen LogP contribution in [0.3, 0.4) is 0 Å². The average Bonchev–Trinajstić information content (AvgIpc) is 3.01. The third kappa shape index (κ3) is 3.80. The highest BCUT2D eigenvalue weighted by Gasteiger charge is 2.18. The van der Waals surface area contributed by atoms with E-state index in [2.05, 4.69) is 38.8 Å². The Morgan fingerprint density at radius 1 is 1.55 bits per heavy atom. The molecule has 0 saturated heterocycles. The Hall–Kier alpha value is -2.01. The molecule has 2 rings (SSSR count). The van der Waals surface area contributed by atoms with E-state index in [1.165, 1.54) is 6.39 Å². The Bertz CT molecular complexity index is 704. The summed E-state index contributed by atoms with van der Waals surface area (Å²) in [6.45, 7) is 0.509. The molecule has 2 aromatic rings. The van der Waals surface area contributed by atoms with Crippen molar-refractivity contribution in [3.8, 4) is 29.4 Å². The van der Waals surface area contributed by atoms with Crippen molar-refractivity contribution in [1.82, 2.24) is 10.3 Å². The molecule has 0 aliphatic carbocycles. The van der Waals surface area contributed by atoms with E-state index >= 15 is 0 Å². The van der Waals surface area contributed by atoms with Gasteiger partial charge in [-0.15, -0.1) is 12.3 Å². The quantitative estimate of drug-likeness (QED) is 0.452. The van der Waals surface area contributed by atoms with Gasteiger partial charge in [0.15, 0.2) is 17.8 Å². The number of nitrogens with zero attached hydrogens (tertiary/aromatic N) is 1. The van der Waals surface area contributed by atoms with Crippen LogP contribution in [0.4, 0.5) is 0 Å². The molecule has 0 aliphatic heterocycles. The van der Waals surface area contributed by atoms with E-state index in [0.29, 0.717) is 18.7 Å². The number of benzene rings is 1. The van der Waals surface area contributed by atoms with Gasteiger partial charge < -0.3 is 14.5 Å². The Kier molecular flexibility index (Phi) is 5.83. The lowest BCUT2D eigenvalue weighted by molar-refractivity contribution is 0.0949. The number of hydrogen-bond acceptors (Lipinski definition) is 4. The number of hydrogen-bond donors (Lipinski definition) is 1. The number of halogens is 1. The molecular weight excluding hydrogens is 395 g/mol. The van der Waals surface area contributed by atoms with Crippen molar-refractivity contribution in [2.24, 2.45) is 0 Å². The fourth-order valence-corrected chi connectivity index (χ4v) is 2.63. The summed E-state index contributed by atoms with van der Waals surface area (Å²) in [7, 11) is 1.61. The summed E-state index contributed by atoms with van der Waals surface area (Å²) < 4.78 is 11.5. The number of carbonyl (C=O) groups excluding carboxylic acids is 1. The van der Waals surface area contributed by atoms with Gasteiger partial charge in [-0.1, -0.05) is 0 Å². The smallest absolute Gasteiger partial charge is 0.273 e. The lowest BCUT2D eigenvalue weighted by Gasteiger charge is -2.06. The van der Waals surface area contributed by atoms with E-state index in [9.17, 15) is 4.79 Å². The largest absolute Gasteiger partial charge is 0.496 e. The number of methoxy groups -OCH3 is 1. The summed E-state index contributed by atoms with van der Waals surface area (Å²) in [6.07, 6.45) is 7.80. The number of nitrogens with one attached hydrogen (secondary N) is 1. The summed E-state index contributed by atoms with van der Waals surface area (Å²) >= 11 is 2.17. The van der Waals surface area contributed by atoms with Crippen LogP contribution >= 0.6 is 22.6 Å². The van der Waals surface area contributed by atoms with Gasteiger partial charge in [-0.05, 0) is 47.2 Å². The van der Waals surface area contributed by atoms with Gasteiger partial charge in [-0.3, -0.25) is 4.79 Å². The van der Waals surface area contributed by atoms with E-state index in [0.717, 1.165) is 21.3 Å². The molecule has 114 valence electrons. The molecular formula is C16H15IN2O3. The van der Waals surface area contributed by atoms with Crippen LogP contribution < -0.4 is 10.1 Å². The number of amides is 1. The molecule has 0 spiro atoms. The molecule has 6 heteroatoms. The highest BCUT2D eigenvalue weighted by atomic mass is 127. The van der Waals surface area contributed by atoms with Gasteiger partial charge in [0.05, 0.1) is 10.7 Å². The first kappa shape index (κ1) is 16.4. The Morgan fingerprint density at radius 3 is 3.05 bits per heavy atom. The maximum Gasteiger partial charge on any atom is 0.273 e. The maximum absolute atomic E-state index is 12.2.